The van der Waals surface area contributed by atoms with Gasteiger partial charge in [-0.25, -0.2) is 9.13 Å². The van der Waals surface area contributed by atoms with Gasteiger partial charge < -0.3 is 4.90 Å². The van der Waals surface area contributed by atoms with Gasteiger partial charge in [0.05, 0.1) is 13.2 Å². The van der Waals surface area contributed by atoms with Crippen LogP contribution < -0.4 is 14.0 Å². The first kappa shape index (κ1) is 21.1. The number of aromatic nitrogens is 3. The lowest BCUT2D eigenvalue weighted by Crippen LogP contribution is -2.31. The monoisotopic (exact) mass is 406 g/mol. The molecule has 3 rings (SSSR count). The molecule has 0 bridgehead atoms. The van der Waals surface area contributed by atoms with Crippen LogP contribution in [0.4, 0.5) is 5.69 Å². The molecule has 3 aromatic rings. The molecule has 0 aliphatic carbocycles. The van der Waals surface area contributed by atoms with Crippen molar-refractivity contribution in [2.24, 2.45) is 14.1 Å². The van der Waals surface area contributed by atoms with Crippen molar-refractivity contribution in [1.29, 1.82) is 0 Å². The number of thioether (sulfide) groups is 1. The summed E-state index contributed by atoms with van der Waals surface area (Å²) in [6, 6.07) is 15.0. The minimum absolute atomic E-state index is 1.06. The van der Waals surface area contributed by atoms with Gasteiger partial charge in [0, 0.05) is 43.2 Å². The number of hydrogen-bond acceptors (Lipinski definition) is 3. The molecule has 0 saturated heterocycles. The van der Waals surface area contributed by atoms with E-state index >= 15 is 0 Å². The van der Waals surface area contributed by atoms with Crippen molar-refractivity contribution in [3.63, 3.8) is 0 Å². The fourth-order valence-corrected chi connectivity index (χ4v) is 3.90. The zero-order valence-corrected chi connectivity index (χ0v) is 18.3. The highest BCUT2D eigenvalue weighted by atomic mass is 32.2. The van der Waals surface area contributed by atoms with E-state index in [1.807, 2.05) is 48.9 Å². The Bertz CT molecular complexity index is 920. The molecular formula is C24H30N4S+2. The lowest BCUT2D eigenvalue weighted by Gasteiger charge is -2.19. The largest absolute Gasteiger partial charge is 0.375 e. The number of rotatable bonds is 9. The highest BCUT2D eigenvalue weighted by Gasteiger charge is 2.08. The van der Waals surface area contributed by atoms with Crippen molar-refractivity contribution in [2.45, 2.75) is 18.0 Å². The van der Waals surface area contributed by atoms with Gasteiger partial charge in [-0.2, -0.15) is 0 Å². The van der Waals surface area contributed by atoms with Gasteiger partial charge in [0.1, 0.15) is 13.2 Å². The van der Waals surface area contributed by atoms with Crippen molar-refractivity contribution >= 4 is 29.6 Å². The van der Waals surface area contributed by atoms with E-state index < -0.39 is 0 Å². The van der Waals surface area contributed by atoms with Crippen molar-refractivity contribution < 1.29 is 9.13 Å². The van der Waals surface area contributed by atoms with Crippen LogP contribution in [0.1, 0.15) is 24.0 Å². The molecule has 0 aliphatic heterocycles. The van der Waals surface area contributed by atoms with Crippen LogP contribution in [0.25, 0.3) is 12.2 Å². The van der Waals surface area contributed by atoms with Crippen molar-refractivity contribution in [1.82, 2.24) is 4.98 Å². The standard InChI is InChI=1S/C24H30N4S/c1-26-18-13-22(14-19-26)8-7-21-9-11-23(12-10-21)27(2)16-4-5-20-29-24-25-15-6-17-28(24)3/h6-15,17-19H,4-5,16,20H2,1-3H3/q+2. The summed E-state index contributed by atoms with van der Waals surface area (Å²) in [5, 5.41) is 1.08. The molecule has 0 aliphatic rings. The molecule has 4 nitrogen and oxygen atoms in total. The Morgan fingerprint density at radius 3 is 2.31 bits per heavy atom. The minimum Gasteiger partial charge on any atom is -0.375 e. The Hall–Kier alpha value is -2.66. The highest BCUT2D eigenvalue weighted by Crippen LogP contribution is 2.17. The number of pyridine rings is 1. The normalized spacial score (nSPS) is 11.1. The molecule has 0 spiro atoms. The fourth-order valence-electron chi connectivity index (χ4n) is 2.97. The topological polar surface area (TPSA) is 23.9 Å². The maximum absolute atomic E-state index is 4.41. The summed E-state index contributed by atoms with van der Waals surface area (Å²) in [7, 11) is 6.24. The molecule has 0 radical (unpaired) electrons. The SMILES string of the molecule is CN(CCCCSc1nccc[n+]1C)c1ccc(/C=C/c2cc[n+](C)cc2)cc1. The summed E-state index contributed by atoms with van der Waals surface area (Å²) in [6.07, 6.45) is 14.7. The van der Waals surface area contributed by atoms with Crippen molar-refractivity contribution in [3.05, 3.63) is 78.4 Å². The van der Waals surface area contributed by atoms with Crippen LogP contribution in [0.15, 0.2) is 72.4 Å². The van der Waals surface area contributed by atoms with E-state index in [1.54, 1.807) is 0 Å². The number of benzene rings is 1. The van der Waals surface area contributed by atoms with Crippen molar-refractivity contribution in [3.8, 4) is 0 Å². The van der Waals surface area contributed by atoms with Gasteiger partial charge in [0.25, 0.3) is 0 Å². The number of aryl methyl sites for hydroxylation is 2. The average Bonchev–Trinajstić information content (AvgIpc) is 2.74. The molecule has 5 heteroatoms. The number of anilines is 1. The summed E-state index contributed by atoms with van der Waals surface area (Å²) in [4.78, 5) is 6.74. The molecular weight excluding hydrogens is 376 g/mol. The lowest BCUT2D eigenvalue weighted by atomic mass is 10.1. The number of nitrogens with zero attached hydrogens (tertiary/aromatic N) is 4. The fraction of sp³-hybridized carbons (Fsp3) is 0.292. The van der Waals surface area contributed by atoms with Gasteiger partial charge in [-0.1, -0.05) is 24.3 Å². The first-order chi connectivity index (χ1) is 14.1. The average molecular weight is 407 g/mol. The summed E-state index contributed by atoms with van der Waals surface area (Å²) in [5.74, 6) is 1.10. The van der Waals surface area contributed by atoms with Gasteiger partial charge >= 0.3 is 5.16 Å². The smallest absolute Gasteiger partial charge is 0.358 e. The maximum atomic E-state index is 4.41. The first-order valence-corrected chi connectivity index (χ1v) is 11.0. The van der Waals surface area contributed by atoms with Crippen LogP contribution in [0.3, 0.4) is 0 Å². The molecule has 0 amide bonds. The third-order valence-corrected chi connectivity index (χ3v) is 5.95. The predicted molar refractivity (Wildman–Crippen MR) is 122 cm³/mol. The van der Waals surface area contributed by atoms with Gasteiger partial charge in [0.15, 0.2) is 12.4 Å². The lowest BCUT2D eigenvalue weighted by molar-refractivity contribution is -0.713. The third-order valence-electron chi connectivity index (χ3n) is 4.81. The van der Waals surface area contributed by atoms with E-state index in [2.05, 4.69) is 82.4 Å². The molecule has 0 unspecified atom stereocenters. The molecule has 2 aromatic heterocycles. The highest BCUT2D eigenvalue weighted by molar-refractivity contribution is 7.99. The van der Waals surface area contributed by atoms with Crippen LogP contribution in [-0.4, -0.2) is 24.3 Å². The second kappa shape index (κ2) is 10.8. The number of unbranched alkanes of at least 4 members (excludes halogenated alkanes) is 1. The van der Waals surface area contributed by atoms with Crippen molar-refractivity contribution in [2.75, 3.05) is 24.2 Å². The summed E-state index contributed by atoms with van der Waals surface area (Å²) in [5.41, 5.74) is 3.69. The van der Waals surface area contributed by atoms with Crippen LogP contribution in [-0.2, 0) is 14.1 Å². The van der Waals surface area contributed by atoms with E-state index in [1.165, 1.54) is 29.7 Å². The van der Waals surface area contributed by atoms with E-state index in [4.69, 9.17) is 0 Å². The Kier molecular flexibility index (Phi) is 7.82. The van der Waals surface area contributed by atoms with Crippen LogP contribution in [0.2, 0.25) is 0 Å². The first-order valence-electron chi connectivity index (χ1n) is 10.00. The predicted octanol–water partition coefficient (Wildman–Crippen LogP) is 3.91. The van der Waals surface area contributed by atoms with Gasteiger partial charge in [-0.15, -0.1) is 0 Å². The molecule has 0 N–H and O–H groups in total. The molecule has 0 fully saturated rings. The Labute approximate surface area is 178 Å². The zero-order chi connectivity index (χ0) is 20.5. The van der Waals surface area contributed by atoms with Gasteiger partial charge in [0.2, 0.25) is 0 Å². The molecule has 0 atom stereocenters. The summed E-state index contributed by atoms with van der Waals surface area (Å²) < 4.78 is 4.11. The van der Waals surface area contributed by atoms with E-state index in [-0.39, 0.29) is 0 Å². The van der Waals surface area contributed by atoms with E-state index in [9.17, 15) is 0 Å². The molecule has 0 saturated carbocycles. The quantitative estimate of drug-likeness (QED) is 0.233. The van der Waals surface area contributed by atoms with Crippen LogP contribution in [0, 0.1) is 0 Å². The molecule has 2 heterocycles. The zero-order valence-electron chi connectivity index (χ0n) is 17.5. The second-order valence-electron chi connectivity index (χ2n) is 7.21. The Morgan fingerprint density at radius 2 is 1.62 bits per heavy atom. The maximum Gasteiger partial charge on any atom is 0.358 e. The van der Waals surface area contributed by atoms with E-state index in [0.717, 1.165) is 17.5 Å². The molecule has 150 valence electrons. The Morgan fingerprint density at radius 1 is 0.931 bits per heavy atom. The summed E-state index contributed by atoms with van der Waals surface area (Å²) >= 11 is 1.83. The Balaban J connectivity index is 1.42. The third kappa shape index (κ3) is 6.71. The van der Waals surface area contributed by atoms with Gasteiger partial charge in [-0.3, -0.25) is 0 Å². The van der Waals surface area contributed by atoms with Crippen LogP contribution >= 0.6 is 11.8 Å². The number of hydrogen-bond donors (Lipinski definition) is 0. The van der Waals surface area contributed by atoms with Gasteiger partial charge in [-0.05, 0) is 52.8 Å². The molecule has 1 aromatic carbocycles. The molecule has 29 heavy (non-hydrogen) atoms. The van der Waals surface area contributed by atoms with E-state index in [0.29, 0.717) is 0 Å². The minimum atomic E-state index is 1.06. The van der Waals surface area contributed by atoms with Crippen LogP contribution in [0.5, 0.6) is 0 Å². The summed E-state index contributed by atoms with van der Waals surface area (Å²) in [6.45, 7) is 1.06. The second-order valence-corrected chi connectivity index (χ2v) is 8.27.